The zero-order valence-electron chi connectivity index (χ0n) is 20.9. The molecule has 3 aliphatic heterocycles. The van der Waals surface area contributed by atoms with Crippen LogP contribution in [-0.2, 0) is 9.53 Å². The molecule has 0 spiro atoms. The lowest BCUT2D eigenvalue weighted by Gasteiger charge is -2.54. The normalized spacial score (nSPS) is 26.0. The summed E-state index contributed by atoms with van der Waals surface area (Å²) in [6.45, 7) is 6.87. The smallest absolute Gasteiger partial charge is 0.341 e. The largest absolute Gasteiger partial charge is 0.490 e. The van der Waals surface area contributed by atoms with Gasteiger partial charge in [-0.05, 0) is 64.3 Å². The standard InChI is InChI=1S/C28H33NO7/c1-4-33-23-11-6-10-19-25-20(28(2,3)36-26(19)23)15-21-22(35-25)12-7-13-29(21)27(32)17-8-5-9-18(14-17)34-16-24(30)31/h5-6,8-11,14,20-22,25H,4,7,12-13,15-16H2,1-3H3,(H,30,31)/t20-,21-,22-,25+/m0/s1. The molecule has 4 atom stereocenters. The summed E-state index contributed by atoms with van der Waals surface area (Å²) in [7, 11) is 0. The highest BCUT2D eigenvalue weighted by atomic mass is 16.5. The molecule has 2 aromatic carbocycles. The number of hydrogen-bond acceptors (Lipinski definition) is 6. The van der Waals surface area contributed by atoms with Crippen LogP contribution in [0.15, 0.2) is 42.5 Å². The maximum atomic E-state index is 13.6. The highest BCUT2D eigenvalue weighted by Crippen LogP contribution is 2.54. The number of carboxylic acid groups (broad SMARTS) is 1. The van der Waals surface area contributed by atoms with E-state index in [0.29, 0.717) is 24.5 Å². The minimum Gasteiger partial charge on any atom is -0.490 e. The quantitative estimate of drug-likeness (QED) is 0.632. The lowest BCUT2D eigenvalue weighted by Crippen LogP contribution is -2.60. The highest BCUT2D eigenvalue weighted by Gasteiger charge is 2.53. The summed E-state index contributed by atoms with van der Waals surface area (Å²) in [5.74, 6) is 0.749. The minimum atomic E-state index is -1.06. The van der Waals surface area contributed by atoms with E-state index < -0.39 is 18.2 Å². The number of carbonyl (C=O) groups excluding carboxylic acids is 1. The van der Waals surface area contributed by atoms with Gasteiger partial charge in [-0.3, -0.25) is 4.79 Å². The number of carbonyl (C=O) groups is 2. The van der Waals surface area contributed by atoms with Crippen LogP contribution in [0.25, 0.3) is 0 Å². The number of rotatable bonds is 6. The van der Waals surface area contributed by atoms with Crippen LogP contribution >= 0.6 is 0 Å². The van der Waals surface area contributed by atoms with Gasteiger partial charge in [0.05, 0.1) is 24.9 Å². The van der Waals surface area contributed by atoms with Crippen LogP contribution in [0, 0.1) is 5.92 Å². The molecule has 36 heavy (non-hydrogen) atoms. The van der Waals surface area contributed by atoms with Crippen molar-refractivity contribution in [3.8, 4) is 17.2 Å². The second kappa shape index (κ2) is 9.65. The number of nitrogens with zero attached hydrogens (tertiary/aromatic N) is 1. The molecule has 8 heteroatoms. The number of aliphatic carboxylic acids is 1. The Morgan fingerprint density at radius 1 is 1.17 bits per heavy atom. The Bertz CT molecular complexity index is 1150. The van der Waals surface area contributed by atoms with Gasteiger partial charge < -0.3 is 29.0 Å². The van der Waals surface area contributed by atoms with Gasteiger partial charge in [0.2, 0.25) is 0 Å². The lowest BCUT2D eigenvalue weighted by molar-refractivity contribution is -0.184. The molecule has 0 aromatic heterocycles. The van der Waals surface area contributed by atoms with Gasteiger partial charge in [0, 0.05) is 23.6 Å². The van der Waals surface area contributed by atoms with Gasteiger partial charge >= 0.3 is 5.97 Å². The van der Waals surface area contributed by atoms with Crippen molar-refractivity contribution in [2.24, 2.45) is 5.92 Å². The van der Waals surface area contributed by atoms with E-state index in [1.165, 1.54) is 0 Å². The van der Waals surface area contributed by atoms with E-state index in [4.69, 9.17) is 24.1 Å². The maximum absolute atomic E-state index is 13.6. The first-order chi connectivity index (χ1) is 17.3. The van der Waals surface area contributed by atoms with Crippen molar-refractivity contribution in [1.82, 2.24) is 4.90 Å². The number of ether oxygens (including phenoxy) is 4. The summed E-state index contributed by atoms with van der Waals surface area (Å²) >= 11 is 0. The van der Waals surface area contributed by atoms with Crippen LogP contribution in [0.3, 0.4) is 0 Å². The molecule has 0 aliphatic carbocycles. The number of para-hydroxylation sites is 1. The van der Waals surface area contributed by atoms with Crippen LogP contribution in [0.4, 0.5) is 0 Å². The fourth-order valence-electron chi connectivity index (χ4n) is 5.82. The van der Waals surface area contributed by atoms with E-state index in [0.717, 1.165) is 36.3 Å². The average Bonchev–Trinajstić information content (AvgIpc) is 2.86. The molecule has 8 nitrogen and oxygen atoms in total. The molecule has 0 radical (unpaired) electrons. The molecule has 2 aromatic rings. The van der Waals surface area contributed by atoms with Crippen molar-refractivity contribution < 1.29 is 33.6 Å². The Balaban J connectivity index is 1.41. The van der Waals surface area contributed by atoms with Crippen LogP contribution in [0.5, 0.6) is 17.2 Å². The average molecular weight is 496 g/mol. The molecule has 3 aliphatic rings. The summed E-state index contributed by atoms with van der Waals surface area (Å²) in [5.41, 5.74) is 0.981. The predicted molar refractivity (Wildman–Crippen MR) is 132 cm³/mol. The van der Waals surface area contributed by atoms with Crippen molar-refractivity contribution in [1.29, 1.82) is 0 Å². The Labute approximate surface area is 211 Å². The number of piperidine rings is 1. The lowest BCUT2D eigenvalue weighted by atomic mass is 9.72. The van der Waals surface area contributed by atoms with Gasteiger partial charge in [-0.2, -0.15) is 0 Å². The first-order valence-electron chi connectivity index (χ1n) is 12.6. The van der Waals surface area contributed by atoms with E-state index in [-0.39, 0.29) is 30.1 Å². The van der Waals surface area contributed by atoms with E-state index in [9.17, 15) is 9.59 Å². The molecular weight excluding hydrogens is 462 g/mol. The monoisotopic (exact) mass is 495 g/mol. The number of likely N-dealkylation sites (tertiary alicyclic amines) is 1. The van der Waals surface area contributed by atoms with Crippen molar-refractivity contribution >= 4 is 11.9 Å². The summed E-state index contributed by atoms with van der Waals surface area (Å²) in [6, 6.07) is 12.6. The van der Waals surface area contributed by atoms with Crippen LogP contribution < -0.4 is 14.2 Å². The zero-order chi connectivity index (χ0) is 25.4. The van der Waals surface area contributed by atoms with Gasteiger partial charge in [0.1, 0.15) is 11.4 Å². The van der Waals surface area contributed by atoms with Crippen molar-refractivity contribution in [3.05, 3.63) is 53.6 Å². The molecule has 0 saturated carbocycles. The van der Waals surface area contributed by atoms with Crippen molar-refractivity contribution in [2.75, 3.05) is 19.8 Å². The fourth-order valence-corrected chi connectivity index (χ4v) is 5.82. The third-order valence-corrected chi connectivity index (χ3v) is 7.48. The highest BCUT2D eigenvalue weighted by molar-refractivity contribution is 5.95. The molecule has 5 rings (SSSR count). The molecule has 1 N–H and O–H groups in total. The molecule has 0 unspecified atom stereocenters. The Morgan fingerprint density at radius 2 is 1.97 bits per heavy atom. The van der Waals surface area contributed by atoms with E-state index in [2.05, 4.69) is 19.9 Å². The number of carboxylic acids is 1. The summed E-state index contributed by atoms with van der Waals surface area (Å²) in [6.07, 6.45) is 2.30. The first-order valence-corrected chi connectivity index (χ1v) is 12.6. The second-order valence-corrected chi connectivity index (χ2v) is 10.2. The molecule has 2 saturated heterocycles. The molecular formula is C28H33NO7. The molecule has 2 fully saturated rings. The second-order valence-electron chi connectivity index (χ2n) is 10.2. The SMILES string of the molecule is CCOc1cccc2c1OC(C)(C)[C@H]1C[C@H]3[C@H](CCCN3C(=O)c3cccc(OCC(=O)O)c3)O[C@H]21. The third-order valence-electron chi connectivity index (χ3n) is 7.48. The predicted octanol–water partition coefficient (Wildman–Crippen LogP) is 4.47. The zero-order valence-corrected chi connectivity index (χ0v) is 20.9. The number of fused-ring (bicyclic) bond motifs is 4. The van der Waals surface area contributed by atoms with Crippen LogP contribution in [0.2, 0.25) is 0 Å². The van der Waals surface area contributed by atoms with E-state index in [1.54, 1.807) is 24.3 Å². The van der Waals surface area contributed by atoms with Gasteiger partial charge in [0.25, 0.3) is 5.91 Å². The Kier molecular flexibility index (Phi) is 6.55. The third kappa shape index (κ3) is 4.50. The summed E-state index contributed by atoms with van der Waals surface area (Å²) in [5, 5.41) is 8.90. The van der Waals surface area contributed by atoms with Gasteiger partial charge in [-0.25, -0.2) is 4.79 Å². The molecule has 192 valence electrons. The first kappa shape index (κ1) is 24.4. The van der Waals surface area contributed by atoms with Crippen LogP contribution in [0.1, 0.15) is 62.1 Å². The Morgan fingerprint density at radius 3 is 2.75 bits per heavy atom. The number of benzene rings is 2. The summed E-state index contributed by atoms with van der Waals surface area (Å²) < 4.78 is 24.4. The van der Waals surface area contributed by atoms with Gasteiger partial charge in [-0.15, -0.1) is 0 Å². The summed E-state index contributed by atoms with van der Waals surface area (Å²) in [4.78, 5) is 26.4. The number of hydrogen-bond donors (Lipinski definition) is 1. The van der Waals surface area contributed by atoms with E-state index >= 15 is 0 Å². The van der Waals surface area contributed by atoms with Gasteiger partial charge in [0.15, 0.2) is 18.1 Å². The fraction of sp³-hybridized carbons (Fsp3) is 0.500. The van der Waals surface area contributed by atoms with E-state index in [1.807, 2.05) is 24.0 Å². The maximum Gasteiger partial charge on any atom is 0.341 e. The Hall–Kier alpha value is -3.26. The van der Waals surface area contributed by atoms with Crippen molar-refractivity contribution in [2.45, 2.75) is 63.9 Å². The van der Waals surface area contributed by atoms with Crippen LogP contribution in [-0.4, -0.2) is 59.4 Å². The van der Waals surface area contributed by atoms with Crippen molar-refractivity contribution in [3.63, 3.8) is 0 Å². The van der Waals surface area contributed by atoms with Gasteiger partial charge in [-0.1, -0.05) is 18.2 Å². The number of amides is 1. The molecule has 0 bridgehead atoms. The molecule has 3 heterocycles. The molecule has 1 amide bonds. The topological polar surface area (TPSA) is 94.5 Å². The minimum absolute atomic E-state index is 0.0572.